The zero-order valence-electron chi connectivity index (χ0n) is 22.3. The Morgan fingerprint density at radius 1 is 0.825 bits per heavy atom. The molecule has 8 heteroatoms. The quantitative estimate of drug-likeness (QED) is 0.240. The van der Waals surface area contributed by atoms with Gasteiger partial charge in [0.05, 0.1) is 20.6 Å². The highest BCUT2D eigenvalue weighted by atomic mass is 35.5. The lowest BCUT2D eigenvalue weighted by atomic mass is 10.0. The summed E-state index contributed by atoms with van der Waals surface area (Å²) in [5.74, 6) is 0.0343. The van der Waals surface area contributed by atoms with E-state index in [0.29, 0.717) is 33.2 Å². The zero-order chi connectivity index (χ0) is 28.5. The van der Waals surface area contributed by atoms with Gasteiger partial charge >= 0.3 is 0 Å². The maximum absolute atomic E-state index is 14.0. The second-order valence-electron chi connectivity index (χ2n) is 9.17. The highest BCUT2D eigenvalue weighted by Gasteiger charge is 2.31. The zero-order valence-corrected chi connectivity index (χ0v) is 23.0. The topological polar surface area (TPSA) is 67.9 Å². The molecule has 0 aliphatic rings. The smallest absolute Gasteiger partial charge is 0.247 e. The molecule has 0 spiro atoms. The molecule has 4 rings (SSSR count). The van der Waals surface area contributed by atoms with Crippen LogP contribution in [-0.4, -0.2) is 30.9 Å². The van der Waals surface area contributed by atoms with E-state index < -0.39 is 6.04 Å². The SMILES string of the molecule is COc1ccc(CC(=O)N(Cc2ccc(F)cc2)[C@H](C(=O)NCc2ccc(Cl)cc2)c2ccccc2)cc1OC. The number of amides is 2. The maximum Gasteiger partial charge on any atom is 0.247 e. The van der Waals surface area contributed by atoms with Gasteiger partial charge in [0.2, 0.25) is 11.8 Å². The first-order valence-corrected chi connectivity index (χ1v) is 13.1. The molecule has 0 aromatic heterocycles. The molecule has 40 heavy (non-hydrogen) atoms. The summed E-state index contributed by atoms with van der Waals surface area (Å²) in [7, 11) is 3.07. The van der Waals surface area contributed by atoms with E-state index in [9.17, 15) is 14.0 Å². The Hall–Kier alpha value is -4.36. The van der Waals surface area contributed by atoms with Crippen molar-refractivity contribution in [2.24, 2.45) is 0 Å². The number of nitrogens with zero attached hydrogens (tertiary/aromatic N) is 1. The van der Waals surface area contributed by atoms with Gasteiger partial charge in [-0.15, -0.1) is 0 Å². The third-order valence-corrected chi connectivity index (χ3v) is 6.70. The summed E-state index contributed by atoms with van der Waals surface area (Å²) in [6.07, 6.45) is 0.00927. The molecule has 206 valence electrons. The number of methoxy groups -OCH3 is 2. The number of nitrogens with one attached hydrogen (secondary N) is 1. The molecular formula is C32H30ClFN2O4. The predicted octanol–water partition coefficient (Wildman–Crippen LogP) is 6.13. The summed E-state index contributed by atoms with van der Waals surface area (Å²) in [5.41, 5.74) is 2.90. The number of hydrogen-bond donors (Lipinski definition) is 1. The molecule has 1 atom stereocenters. The third-order valence-electron chi connectivity index (χ3n) is 6.45. The van der Waals surface area contributed by atoms with Crippen molar-refractivity contribution in [1.82, 2.24) is 10.2 Å². The van der Waals surface area contributed by atoms with Gasteiger partial charge in [0, 0.05) is 18.1 Å². The molecule has 0 saturated heterocycles. The Bertz CT molecular complexity index is 1430. The monoisotopic (exact) mass is 560 g/mol. The van der Waals surface area contributed by atoms with Crippen molar-refractivity contribution in [3.63, 3.8) is 0 Å². The fraction of sp³-hybridized carbons (Fsp3) is 0.188. The first-order chi connectivity index (χ1) is 19.4. The number of carbonyl (C=O) groups is 2. The molecule has 0 unspecified atom stereocenters. The number of carbonyl (C=O) groups excluding carboxylic acids is 2. The van der Waals surface area contributed by atoms with Gasteiger partial charge in [-0.2, -0.15) is 0 Å². The van der Waals surface area contributed by atoms with Crippen LogP contribution in [-0.2, 0) is 29.1 Å². The molecule has 0 saturated carbocycles. The van der Waals surface area contributed by atoms with Crippen LogP contribution in [0.25, 0.3) is 0 Å². The molecule has 2 amide bonds. The molecular weight excluding hydrogens is 531 g/mol. The Morgan fingerprint density at radius 2 is 1.45 bits per heavy atom. The van der Waals surface area contributed by atoms with Gasteiger partial charge in [0.25, 0.3) is 0 Å². The summed E-state index contributed by atoms with van der Waals surface area (Å²) in [4.78, 5) is 29.3. The van der Waals surface area contributed by atoms with E-state index in [1.165, 1.54) is 24.1 Å². The molecule has 0 radical (unpaired) electrons. The summed E-state index contributed by atoms with van der Waals surface area (Å²) < 4.78 is 24.4. The lowest BCUT2D eigenvalue weighted by Crippen LogP contribution is -2.43. The third kappa shape index (κ3) is 7.39. The van der Waals surface area contributed by atoms with Crippen molar-refractivity contribution in [2.45, 2.75) is 25.6 Å². The second-order valence-corrected chi connectivity index (χ2v) is 9.61. The minimum atomic E-state index is -0.939. The molecule has 0 fully saturated rings. The van der Waals surface area contributed by atoms with Crippen molar-refractivity contribution < 1.29 is 23.5 Å². The van der Waals surface area contributed by atoms with Crippen molar-refractivity contribution in [2.75, 3.05) is 14.2 Å². The lowest BCUT2D eigenvalue weighted by Gasteiger charge is -2.32. The van der Waals surface area contributed by atoms with Crippen LogP contribution < -0.4 is 14.8 Å². The Kier molecular flexibility index (Phi) is 9.76. The molecule has 0 aliphatic heterocycles. The van der Waals surface area contributed by atoms with Crippen molar-refractivity contribution in [1.29, 1.82) is 0 Å². The number of rotatable bonds is 11. The Morgan fingerprint density at radius 3 is 2.10 bits per heavy atom. The molecule has 4 aromatic carbocycles. The summed E-state index contributed by atoms with van der Waals surface area (Å²) >= 11 is 6.00. The number of hydrogen-bond acceptors (Lipinski definition) is 4. The minimum absolute atomic E-state index is 0.00927. The second kappa shape index (κ2) is 13.6. The van der Waals surface area contributed by atoms with Gasteiger partial charge in [0.15, 0.2) is 11.5 Å². The molecule has 1 N–H and O–H groups in total. The van der Waals surface area contributed by atoms with E-state index in [1.807, 2.05) is 42.5 Å². The molecule has 0 bridgehead atoms. The van der Waals surface area contributed by atoms with Crippen molar-refractivity contribution in [3.05, 3.63) is 130 Å². The van der Waals surface area contributed by atoms with Gasteiger partial charge in [-0.3, -0.25) is 9.59 Å². The van der Waals surface area contributed by atoms with Crippen LogP contribution in [0.5, 0.6) is 11.5 Å². The van der Waals surface area contributed by atoms with Crippen LogP contribution in [0.15, 0.2) is 97.1 Å². The molecule has 4 aromatic rings. The average molecular weight is 561 g/mol. The fourth-order valence-electron chi connectivity index (χ4n) is 4.37. The van der Waals surface area contributed by atoms with Crippen LogP contribution in [0.3, 0.4) is 0 Å². The Labute approximate surface area is 238 Å². The van der Waals surface area contributed by atoms with Gasteiger partial charge in [-0.1, -0.05) is 72.3 Å². The largest absolute Gasteiger partial charge is 0.493 e. The average Bonchev–Trinajstić information content (AvgIpc) is 2.98. The van der Waals surface area contributed by atoms with Crippen LogP contribution in [0.2, 0.25) is 5.02 Å². The van der Waals surface area contributed by atoms with Crippen molar-refractivity contribution in [3.8, 4) is 11.5 Å². The number of halogens is 2. The van der Waals surface area contributed by atoms with E-state index >= 15 is 0 Å². The molecule has 0 heterocycles. The summed E-state index contributed by atoms with van der Waals surface area (Å²) in [6, 6.07) is 26.5. The fourth-order valence-corrected chi connectivity index (χ4v) is 4.50. The van der Waals surface area contributed by atoms with Gasteiger partial charge in [0.1, 0.15) is 11.9 Å². The van der Waals surface area contributed by atoms with Crippen LogP contribution >= 0.6 is 11.6 Å². The first kappa shape index (κ1) is 28.6. The first-order valence-electron chi connectivity index (χ1n) is 12.7. The molecule has 6 nitrogen and oxygen atoms in total. The highest BCUT2D eigenvalue weighted by Crippen LogP contribution is 2.29. The standard InChI is InChI=1S/C32H30ClFN2O4/c1-39-28-17-12-24(18-29(28)40-2)19-30(37)36(21-23-10-15-27(34)16-11-23)31(25-6-4-3-5-7-25)32(38)35-20-22-8-13-26(33)14-9-22/h3-18,31H,19-21H2,1-2H3,(H,35,38)/t31-/m0/s1. The predicted molar refractivity (Wildman–Crippen MR) is 153 cm³/mol. The minimum Gasteiger partial charge on any atom is -0.493 e. The normalized spacial score (nSPS) is 11.4. The highest BCUT2D eigenvalue weighted by molar-refractivity contribution is 6.30. The van der Waals surface area contributed by atoms with E-state index in [2.05, 4.69) is 5.32 Å². The lowest BCUT2D eigenvalue weighted by molar-refractivity contribution is -0.141. The summed E-state index contributed by atoms with van der Waals surface area (Å²) in [6.45, 7) is 0.355. The van der Waals surface area contributed by atoms with Gasteiger partial charge in [-0.25, -0.2) is 4.39 Å². The van der Waals surface area contributed by atoms with Crippen molar-refractivity contribution >= 4 is 23.4 Å². The maximum atomic E-state index is 14.0. The van der Waals surface area contributed by atoms with Crippen LogP contribution in [0, 0.1) is 5.82 Å². The number of ether oxygens (including phenoxy) is 2. The van der Waals surface area contributed by atoms with Gasteiger partial charge in [-0.05, 0) is 58.7 Å². The summed E-state index contributed by atoms with van der Waals surface area (Å²) in [5, 5.41) is 3.57. The van der Waals surface area contributed by atoms with Crippen LogP contribution in [0.1, 0.15) is 28.3 Å². The van der Waals surface area contributed by atoms with E-state index in [-0.39, 0.29) is 37.1 Å². The molecule has 0 aliphatic carbocycles. The van der Waals surface area contributed by atoms with E-state index in [0.717, 1.165) is 5.56 Å². The van der Waals surface area contributed by atoms with E-state index in [4.69, 9.17) is 21.1 Å². The Balaban J connectivity index is 1.68. The number of benzene rings is 4. The van der Waals surface area contributed by atoms with Crippen LogP contribution in [0.4, 0.5) is 4.39 Å². The van der Waals surface area contributed by atoms with E-state index in [1.54, 1.807) is 49.6 Å². The van der Waals surface area contributed by atoms with Gasteiger partial charge < -0.3 is 19.7 Å².